The third-order valence-corrected chi connectivity index (χ3v) is 6.14. The molecule has 10 heteroatoms. The second kappa shape index (κ2) is 7.45. The van der Waals surface area contributed by atoms with Gasteiger partial charge >= 0.3 is 5.76 Å². The van der Waals surface area contributed by atoms with E-state index in [1.165, 1.54) is 22.8 Å². The number of rotatable bonds is 6. The number of aromatic nitrogens is 3. The van der Waals surface area contributed by atoms with E-state index in [0.717, 1.165) is 11.1 Å². The molecule has 0 aliphatic carbocycles. The van der Waals surface area contributed by atoms with E-state index in [-0.39, 0.29) is 17.0 Å². The molecule has 0 unspecified atom stereocenters. The first kappa shape index (κ1) is 19.9. The number of sulfonamides is 1. The van der Waals surface area contributed by atoms with E-state index in [1.54, 1.807) is 6.92 Å². The Bertz CT molecular complexity index is 1400. The zero-order chi connectivity index (χ0) is 21.5. The minimum Gasteiger partial charge on any atom is -0.408 e. The van der Waals surface area contributed by atoms with Gasteiger partial charge in [0.2, 0.25) is 5.89 Å². The Morgan fingerprint density at radius 3 is 2.67 bits per heavy atom. The fraction of sp³-hybridized carbons (Fsp3) is 0.250. The highest BCUT2D eigenvalue weighted by atomic mass is 32.2. The number of nitrogens with one attached hydrogen (secondary N) is 1. The molecule has 0 radical (unpaired) electrons. The van der Waals surface area contributed by atoms with Crippen molar-refractivity contribution in [2.45, 2.75) is 38.6 Å². The van der Waals surface area contributed by atoms with Gasteiger partial charge in [-0.15, -0.1) is 0 Å². The van der Waals surface area contributed by atoms with Gasteiger partial charge in [-0.25, -0.2) is 13.2 Å². The van der Waals surface area contributed by atoms with Gasteiger partial charge in [-0.2, -0.15) is 4.98 Å². The van der Waals surface area contributed by atoms with E-state index in [0.29, 0.717) is 29.3 Å². The van der Waals surface area contributed by atoms with Crippen LogP contribution in [0.5, 0.6) is 0 Å². The van der Waals surface area contributed by atoms with Crippen LogP contribution in [0.25, 0.3) is 11.1 Å². The smallest absolute Gasteiger partial charge is 0.408 e. The summed E-state index contributed by atoms with van der Waals surface area (Å²) in [6.45, 7) is 5.51. The standard InChI is InChI=1S/C20H20N4O5S/c1-4-14-7-5-6-12(2)19(14)23-30(26,27)15-8-9-16-17(10-15)28-20(25)24(16)11-18-21-13(3)29-22-18/h5-10,23H,4,11H2,1-3H3. The van der Waals surface area contributed by atoms with E-state index in [4.69, 9.17) is 8.94 Å². The van der Waals surface area contributed by atoms with Crippen LogP contribution < -0.4 is 10.5 Å². The van der Waals surface area contributed by atoms with Crippen LogP contribution in [0.2, 0.25) is 0 Å². The molecule has 2 heterocycles. The zero-order valence-electron chi connectivity index (χ0n) is 16.7. The summed E-state index contributed by atoms with van der Waals surface area (Å²) in [6, 6.07) is 9.91. The summed E-state index contributed by atoms with van der Waals surface area (Å²) in [5.41, 5.74) is 2.88. The van der Waals surface area contributed by atoms with E-state index in [9.17, 15) is 13.2 Å². The molecule has 0 saturated heterocycles. The molecule has 4 aromatic rings. The Balaban J connectivity index is 1.71. The molecular weight excluding hydrogens is 408 g/mol. The lowest BCUT2D eigenvalue weighted by atomic mass is 10.1. The minimum absolute atomic E-state index is 0.00314. The van der Waals surface area contributed by atoms with E-state index in [1.807, 2.05) is 32.0 Å². The van der Waals surface area contributed by atoms with Crippen LogP contribution in [0.15, 0.2) is 55.0 Å². The molecule has 0 amide bonds. The summed E-state index contributed by atoms with van der Waals surface area (Å²) >= 11 is 0. The maximum atomic E-state index is 13.0. The van der Waals surface area contributed by atoms with Gasteiger partial charge in [-0.3, -0.25) is 9.29 Å². The molecule has 4 rings (SSSR count). The summed E-state index contributed by atoms with van der Waals surface area (Å²) in [4.78, 5) is 16.3. The fourth-order valence-corrected chi connectivity index (χ4v) is 4.46. The third kappa shape index (κ3) is 3.61. The van der Waals surface area contributed by atoms with Crippen LogP contribution in [0, 0.1) is 13.8 Å². The number of hydrogen-bond donors (Lipinski definition) is 1. The second-order valence-corrected chi connectivity index (χ2v) is 8.56. The van der Waals surface area contributed by atoms with Crippen molar-refractivity contribution in [2.75, 3.05) is 4.72 Å². The van der Waals surface area contributed by atoms with Crippen LogP contribution in [-0.2, 0) is 23.0 Å². The molecule has 9 nitrogen and oxygen atoms in total. The highest BCUT2D eigenvalue weighted by Gasteiger charge is 2.20. The second-order valence-electron chi connectivity index (χ2n) is 6.88. The highest BCUT2D eigenvalue weighted by Crippen LogP contribution is 2.26. The SMILES string of the molecule is CCc1cccc(C)c1NS(=O)(=O)c1ccc2c(c1)oc(=O)n2Cc1noc(C)n1. The van der Waals surface area contributed by atoms with Crippen LogP contribution in [0.4, 0.5) is 5.69 Å². The van der Waals surface area contributed by atoms with Gasteiger partial charge in [-0.05, 0) is 36.6 Å². The number of para-hydroxylation sites is 1. The molecule has 0 atom stereocenters. The quantitative estimate of drug-likeness (QED) is 0.501. The van der Waals surface area contributed by atoms with Crippen molar-refractivity contribution in [3.63, 3.8) is 0 Å². The summed E-state index contributed by atoms with van der Waals surface area (Å²) in [5, 5.41) is 3.77. The van der Waals surface area contributed by atoms with Crippen molar-refractivity contribution >= 4 is 26.8 Å². The van der Waals surface area contributed by atoms with E-state index in [2.05, 4.69) is 14.9 Å². The minimum atomic E-state index is -3.88. The predicted octanol–water partition coefficient (Wildman–Crippen LogP) is 3.01. The van der Waals surface area contributed by atoms with Gasteiger partial charge in [-0.1, -0.05) is 30.3 Å². The maximum absolute atomic E-state index is 13.0. The number of oxazole rings is 1. The topological polar surface area (TPSA) is 120 Å². The first-order valence-corrected chi connectivity index (χ1v) is 10.8. The lowest BCUT2D eigenvalue weighted by molar-refractivity contribution is 0.385. The normalized spacial score (nSPS) is 11.8. The number of nitrogens with zero attached hydrogens (tertiary/aromatic N) is 3. The first-order valence-electron chi connectivity index (χ1n) is 9.32. The molecule has 1 N–H and O–H groups in total. The summed E-state index contributed by atoms with van der Waals surface area (Å²) < 4.78 is 40.1. The summed E-state index contributed by atoms with van der Waals surface area (Å²) in [6.07, 6.45) is 0.686. The average molecular weight is 428 g/mol. The van der Waals surface area contributed by atoms with Crippen molar-refractivity contribution in [3.05, 3.63) is 69.8 Å². The first-order chi connectivity index (χ1) is 14.3. The van der Waals surface area contributed by atoms with Crippen molar-refractivity contribution in [2.24, 2.45) is 0 Å². The fourth-order valence-electron chi connectivity index (χ4n) is 3.27. The lowest BCUT2D eigenvalue weighted by Crippen LogP contribution is -2.16. The molecule has 0 aliphatic heterocycles. The summed E-state index contributed by atoms with van der Waals surface area (Å²) in [7, 11) is -3.88. The zero-order valence-corrected chi connectivity index (χ0v) is 17.5. The molecule has 0 aliphatic rings. The highest BCUT2D eigenvalue weighted by molar-refractivity contribution is 7.92. The molecule has 0 saturated carbocycles. The Morgan fingerprint density at radius 1 is 1.17 bits per heavy atom. The number of aryl methyl sites for hydroxylation is 3. The van der Waals surface area contributed by atoms with Crippen LogP contribution in [0.3, 0.4) is 0 Å². The van der Waals surface area contributed by atoms with Crippen LogP contribution in [-0.4, -0.2) is 23.1 Å². The van der Waals surface area contributed by atoms with E-state index < -0.39 is 15.8 Å². The molecule has 156 valence electrons. The predicted molar refractivity (Wildman–Crippen MR) is 110 cm³/mol. The van der Waals surface area contributed by atoms with Gasteiger partial charge in [0.25, 0.3) is 10.0 Å². The van der Waals surface area contributed by atoms with Crippen molar-refractivity contribution in [1.29, 1.82) is 0 Å². The summed E-state index contributed by atoms with van der Waals surface area (Å²) in [5.74, 6) is 0.0670. The third-order valence-electron chi connectivity index (χ3n) is 4.80. The Kier molecular flexibility index (Phi) is 4.94. The van der Waals surface area contributed by atoms with Gasteiger partial charge in [0.05, 0.1) is 22.6 Å². The molecule has 2 aromatic carbocycles. The van der Waals surface area contributed by atoms with Gasteiger partial charge in [0.15, 0.2) is 11.4 Å². The van der Waals surface area contributed by atoms with Gasteiger partial charge < -0.3 is 8.94 Å². The van der Waals surface area contributed by atoms with Gasteiger partial charge in [0.1, 0.15) is 0 Å². The average Bonchev–Trinajstić information content (AvgIpc) is 3.25. The monoisotopic (exact) mass is 428 g/mol. The largest absolute Gasteiger partial charge is 0.420 e. The molecule has 0 bridgehead atoms. The maximum Gasteiger partial charge on any atom is 0.420 e. The van der Waals surface area contributed by atoms with Crippen molar-refractivity contribution in [3.8, 4) is 0 Å². The Labute approximate surface area is 172 Å². The number of fused-ring (bicyclic) bond motifs is 1. The van der Waals surface area contributed by atoms with Crippen molar-refractivity contribution in [1.82, 2.24) is 14.7 Å². The Hall–Kier alpha value is -3.40. The van der Waals surface area contributed by atoms with Crippen LogP contribution in [0.1, 0.15) is 29.8 Å². The molecule has 2 aromatic heterocycles. The van der Waals surface area contributed by atoms with Crippen molar-refractivity contribution < 1.29 is 17.4 Å². The Morgan fingerprint density at radius 2 is 1.97 bits per heavy atom. The lowest BCUT2D eigenvalue weighted by Gasteiger charge is -2.14. The molecule has 0 fully saturated rings. The number of hydrogen-bond acceptors (Lipinski definition) is 7. The van der Waals surface area contributed by atoms with E-state index >= 15 is 0 Å². The molecule has 0 spiro atoms. The van der Waals surface area contributed by atoms with Gasteiger partial charge in [0, 0.05) is 13.0 Å². The number of anilines is 1. The molecule has 30 heavy (non-hydrogen) atoms. The molecular formula is C20H20N4O5S. The number of benzene rings is 2. The van der Waals surface area contributed by atoms with Crippen LogP contribution >= 0.6 is 0 Å².